The van der Waals surface area contributed by atoms with E-state index >= 15 is 0 Å². The van der Waals surface area contributed by atoms with Crippen molar-refractivity contribution in [3.63, 3.8) is 0 Å². The van der Waals surface area contributed by atoms with Crippen molar-refractivity contribution in [1.29, 1.82) is 0 Å². The van der Waals surface area contributed by atoms with Crippen LogP contribution >= 0.6 is 43.7 Å². The Kier molecular flexibility index (Phi) is 5.30. The first-order chi connectivity index (χ1) is 8.27. The SMILES string of the molecule is Cc1occc1SSOSSc1ccoc1C. The van der Waals surface area contributed by atoms with E-state index in [1.54, 1.807) is 12.5 Å². The second-order valence-corrected chi connectivity index (χ2v) is 6.90. The van der Waals surface area contributed by atoms with E-state index in [4.69, 9.17) is 12.5 Å². The topological polar surface area (TPSA) is 35.5 Å². The molecule has 3 nitrogen and oxygen atoms in total. The maximum atomic E-state index is 5.37. The molecule has 0 spiro atoms. The van der Waals surface area contributed by atoms with Crippen LogP contribution in [-0.4, -0.2) is 0 Å². The summed E-state index contributed by atoms with van der Waals surface area (Å²) < 4.78 is 15.7. The van der Waals surface area contributed by atoms with E-state index in [-0.39, 0.29) is 0 Å². The highest BCUT2D eigenvalue weighted by Gasteiger charge is 2.05. The minimum Gasteiger partial charge on any atom is -0.468 e. The standard InChI is InChI=1S/C10H10O3S4/c1-7-9(3-5-11-7)14-16-13-17-15-10-4-6-12-8(10)2/h3-6H,1-2H3. The van der Waals surface area contributed by atoms with Gasteiger partial charge in [0.05, 0.1) is 44.5 Å². The van der Waals surface area contributed by atoms with Gasteiger partial charge in [-0.2, -0.15) is 0 Å². The molecule has 0 saturated carbocycles. The first-order valence-corrected chi connectivity index (χ1v) is 8.85. The highest BCUT2D eigenvalue weighted by atomic mass is 33.2. The fourth-order valence-corrected chi connectivity index (χ4v) is 4.84. The predicted molar refractivity (Wildman–Crippen MR) is 74.9 cm³/mol. The zero-order valence-corrected chi connectivity index (χ0v) is 12.4. The van der Waals surface area contributed by atoms with Gasteiger partial charge in [0.2, 0.25) is 0 Å². The molecule has 0 radical (unpaired) electrons. The Morgan fingerprint density at radius 3 is 1.71 bits per heavy atom. The predicted octanol–water partition coefficient (Wildman–Crippen LogP) is 5.52. The second-order valence-electron chi connectivity index (χ2n) is 3.05. The fraction of sp³-hybridized carbons (Fsp3) is 0.200. The van der Waals surface area contributed by atoms with Crippen LogP contribution in [0.3, 0.4) is 0 Å². The molecule has 0 atom stereocenters. The average molecular weight is 306 g/mol. The van der Waals surface area contributed by atoms with Crippen LogP contribution in [0.25, 0.3) is 0 Å². The number of rotatable bonds is 6. The van der Waals surface area contributed by atoms with Gasteiger partial charge in [0, 0.05) is 0 Å². The van der Waals surface area contributed by atoms with Crippen LogP contribution in [0, 0.1) is 13.8 Å². The van der Waals surface area contributed by atoms with Crippen molar-refractivity contribution in [3.8, 4) is 0 Å². The zero-order valence-electron chi connectivity index (χ0n) is 9.17. The molecule has 0 aliphatic heterocycles. The van der Waals surface area contributed by atoms with Crippen LogP contribution in [0.1, 0.15) is 11.5 Å². The van der Waals surface area contributed by atoms with Crippen LogP contribution in [0.15, 0.2) is 43.3 Å². The van der Waals surface area contributed by atoms with E-state index in [0.29, 0.717) is 0 Å². The summed E-state index contributed by atoms with van der Waals surface area (Å²) in [4.78, 5) is 2.17. The molecule has 2 heterocycles. The van der Waals surface area contributed by atoms with E-state index in [0.717, 1.165) is 21.3 Å². The summed E-state index contributed by atoms with van der Waals surface area (Å²) in [7, 11) is 3.08. The van der Waals surface area contributed by atoms with Crippen molar-refractivity contribution in [2.24, 2.45) is 0 Å². The van der Waals surface area contributed by atoms with Crippen molar-refractivity contribution in [3.05, 3.63) is 36.2 Å². The first kappa shape index (κ1) is 13.4. The molecule has 0 fully saturated rings. The van der Waals surface area contributed by atoms with Crippen LogP contribution in [0.5, 0.6) is 0 Å². The van der Waals surface area contributed by atoms with Crippen molar-refractivity contribution in [2.75, 3.05) is 0 Å². The molecule has 2 rings (SSSR count). The van der Waals surface area contributed by atoms with Crippen LogP contribution in [-0.2, 0) is 3.63 Å². The Morgan fingerprint density at radius 2 is 1.35 bits per heavy atom. The van der Waals surface area contributed by atoms with Crippen molar-refractivity contribution < 1.29 is 12.5 Å². The van der Waals surface area contributed by atoms with Gasteiger partial charge in [-0.25, -0.2) is 3.63 Å². The molecule has 7 heteroatoms. The molecule has 0 unspecified atom stereocenters. The van der Waals surface area contributed by atoms with Crippen LogP contribution in [0.2, 0.25) is 0 Å². The van der Waals surface area contributed by atoms with Crippen LogP contribution < -0.4 is 0 Å². The van der Waals surface area contributed by atoms with Gasteiger partial charge in [-0.15, -0.1) is 0 Å². The summed E-state index contributed by atoms with van der Waals surface area (Å²) in [5.74, 6) is 1.82. The summed E-state index contributed by atoms with van der Waals surface area (Å²) in [6, 6.07) is 3.85. The van der Waals surface area contributed by atoms with Crippen molar-refractivity contribution in [2.45, 2.75) is 23.6 Å². The molecule has 92 valence electrons. The van der Waals surface area contributed by atoms with Gasteiger partial charge in [-0.05, 0) is 47.6 Å². The Morgan fingerprint density at radius 1 is 0.882 bits per heavy atom. The van der Waals surface area contributed by atoms with Gasteiger partial charge in [-0.3, -0.25) is 0 Å². The lowest BCUT2D eigenvalue weighted by atomic mass is 10.5. The Labute approximate surface area is 116 Å². The van der Waals surface area contributed by atoms with Gasteiger partial charge in [0.15, 0.2) is 0 Å². The number of hydrogen-bond donors (Lipinski definition) is 0. The minimum atomic E-state index is 0.912. The third kappa shape index (κ3) is 3.96. The number of furan rings is 2. The van der Waals surface area contributed by atoms with Crippen molar-refractivity contribution >= 4 is 43.7 Å². The minimum absolute atomic E-state index is 0.912. The molecule has 2 aromatic heterocycles. The maximum Gasteiger partial charge on any atom is 0.115 e. The van der Waals surface area contributed by atoms with Gasteiger partial charge in [0.1, 0.15) is 11.5 Å². The third-order valence-corrected chi connectivity index (χ3v) is 6.20. The zero-order chi connectivity index (χ0) is 12.1. The monoisotopic (exact) mass is 306 g/mol. The quantitative estimate of drug-likeness (QED) is 0.395. The summed E-state index contributed by atoms with van der Waals surface area (Å²) in [6.07, 6.45) is 3.35. The Bertz CT molecular complexity index is 423. The smallest absolute Gasteiger partial charge is 0.115 e. The Balaban J connectivity index is 1.64. The summed E-state index contributed by atoms with van der Waals surface area (Å²) in [5.41, 5.74) is 0. The van der Waals surface area contributed by atoms with Crippen LogP contribution in [0.4, 0.5) is 0 Å². The molecular weight excluding hydrogens is 296 g/mol. The summed E-state index contributed by atoms with van der Waals surface area (Å²) in [6.45, 7) is 3.86. The van der Waals surface area contributed by atoms with E-state index in [9.17, 15) is 0 Å². The lowest BCUT2D eigenvalue weighted by Crippen LogP contribution is -1.67. The molecule has 0 amide bonds. The molecule has 2 aromatic rings. The highest BCUT2D eigenvalue weighted by molar-refractivity contribution is 8.81. The summed E-state index contributed by atoms with van der Waals surface area (Å²) in [5, 5.41) is 0. The molecule has 0 saturated heterocycles. The number of aryl methyl sites for hydroxylation is 2. The second kappa shape index (κ2) is 6.75. The Hall–Kier alpha value is -0.0800. The van der Waals surface area contributed by atoms with Gasteiger partial charge < -0.3 is 8.83 Å². The van der Waals surface area contributed by atoms with E-state index < -0.39 is 0 Å². The van der Waals surface area contributed by atoms with E-state index in [2.05, 4.69) is 0 Å². The average Bonchev–Trinajstić information content (AvgIpc) is 2.89. The van der Waals surface area contributed by atoms with Gasteiger partial charge in [0.25, 0.3) is 0 Å². The molecule has 0 aromatic carbocycles. The number of hydrogen-bond acceptors (Lipinski definition) is 7. The lowest BCUT2D eigenvalue weighted by molar-refractivity contribution is 0.526. The first-order valence-electron chi connectivity index (χ1n) is 4.70. The van der Waals surface area contributed by atoms with E-state index in [1.807, 2.05) is 26.0 Å². The van der Waals surface area contributed by atoms with Crippen molar-refractivity contribution in [1.82, 2.24) is 0 Å². The lowest BCUT2D eigenvalue weighted by Gasteiger charge is -1.98. The molecule has 0 aliphatic rings. The maximum absolute atomic E-state index is 5.37. The molecular formula is C10H10O3S4. The molecule has 0 aliphatic carbocycles. The largest absolute Gasteiger partial charge is 0.468 e. The third-order valence-electron chi connectivity index (χ3n) is 1.93. The molecule has 0 bridgehead atoms. The van der Waals surface area contributed by atoms with Gasteiger partial charge in [-0.1, -0.05) is 0 Å². The molecule has 0 N–H and O–H groups in total. The highest BCUT2D eigenvalue weighted by Crippen LogP contribution is 2.42. The van der Waals surface area contributed by atoms with Gasteiger partial charge >= 0.3 is 0 Å². The fourth-order valence-electron chi connectivity index (χ4n) is 1.03. The molecule has 17 heavy (non-hydrogen) atoms. The summed E-state index contributed by atoms with van der Waals surface area (Å²) >= 11 is 2.64. The normalized spacial score (nSPS) is 10.9. The van der Waals surface area contributed by atoms with E-state index in [1.165, 1.54) is 43.7 Å².